The summed E-state index contributed by atoms with van der Waals surface area (Å²) < 4.78 is 7.25. The van der Waals surface area contributed by atoms with E-state index in [-0.39, 0.29) is 5.56 Å². The Kier molecular flexibility index (Phi) is 4.24. The van der Waals surface area contributed by atoms with Gasteiger partial charge in [0, 0.05) is 11.6 Å². The van der Waals surface area contributed by atoms with E-state index in [1.165, 1.54) is 11.3 Å². The van der Waals surface area contributed by atoms with Gasteiger partial charge in [0.05, 0.1) is 17.9 Å². The molecule has 114 valence electrons. The molecule has 2 heterocycles. The number of rotatable bonds is 5. The van der Waals surface area contributed by atoms with Gasteiger partial charge in [0.2, 0.25) is 0 Å². The van der Waals surface area contributed by atoms with Crippen molar-refractivity contribution >= 4 is 16.3 Å². The highest BCUT2D eigenvalue weighted by atomic mass is 32.1. The molecule has 0 aliphatic rings. The van der Waals surface area contributed by atoms with Crippen molar-refractivity contribution in [2.75, 3.05) is 6.61 Å². The lowest BCUT2D eigenvalue weighted by molar-refractivity contribution is 0.309. The molecule has 1 aromatic carbocycles. The van der Waals surface area contributed by atoms with Crippen LogP contribution in [0.3, 0.4) is 0 Å². The highest BCUT2D eigenvalue weighted by Crippen LogP contribution is 2.23. The smallest absolute Gasteiger partial charge is 0.266 e. The van der Waals surface area contributed by atoms with Crippen LogP contribution in [0.5, 0.6) is 5.75 Å². The van der Waals surface area contributed by atoms with Crippen molar-refractivity contribution in [3.05, 3.63) is 51.9 Å². The molecule has 0 aliphatic carbocycles. The summed E-state index contributed by atoms with van der Waals surface area (Å²) in [6.45, 7) is 4.73. The maximum absolute atomic E-state index is 12.6. The molecule has 3 rings (SSSR count). The zero-order valence-corrected chi connectivity index (χ0v) is 13.5. The largest absolute Gasteiger partial charge is 0.494 e. The van der Waals surface area contributed by atoms with Crippen molar-refractivity contribution in [2.45, 2.75) is 26.7 Å². The quantitative estimate of drug-likeness (QED) is 0.671. The normalized spacial score (nSPS) is 11.0. The Morgan fingerprint density at radius 1 is 1.27 bits per heavy atom. The summed E-state index contributed by atoms with van der Waals surface area (Å²) in [4.78, 5) is 17.8. The first-order chi connectivity index (χ1) is 10.7. The molecule has 22 heavy (non-hydrogen) atoms. The molecule has 3 aromatic rings. The molecule has 0 aliphatic heterocycles. The number of aryl methyl sites for hydroxylation is 1. The fourth-order valence-corrected chi connectivity index (χ4v) is 3.12. The molecule has 0 amide bonds. The first-order valence-corrected chi connectivity index (χ1v) is 8.28. The summed E-state index contributed by atoms with van der Waals surface area (Å²) in [6.07, 6.45) is 3.92. The minimum absolute atomic E-state index is 0.0246. The molecule has 0 fully saturated rings. The zero-order valence-electron chi connectivity index (χ0n) is 12.7. The number of aromatic nitrogens is 2. The lowest BCUT2D eigenvalue weighted by Crippen LogP contribution is -2.16. The van der Waals surface area contributed by atoms with E-state index >= 15 is 0 Å². The number of fused-ring (bicyclic) bond motifs is 1. The molecule has 0 bridgehead atoms. The number of benzene rings is 1. The number of unbranched alkanes of at least 4 members (excludes halogenated alkanes) is 1. The van der Waals surface area contributed by atoms with Crippen LogP contribution in [0.4, 0.5) is 0 Å². The molecule has 0 spiro atoms. The average molecular weight is 314 g/mol. The van der Waals surface area contributed by atoms with Crippen molar-refractivity contribution in [2.24, 2.45) is 0 Å². The molecule has 5 heteroatoms. The number of hydrogen-bond donors (Lipinski definition) is 0. The Morgan fingerprint density at radius 3 is 2.77 bits per heavy atom. The molecule has 4 nitrogen and oxygen atoms in total. The first-order valence-electron chi connectivity index (χ1n) is 7.40. The first kappa shape index (κ1) is 14.8. The Morgan fingerprint density at radius 2 is 2.05 bits per heavy atom. The summed E-state index contributed by atoms with van der Waals surface area (Å²) in [5.74, 6) is 0.833. The fourth-order valence-electron chi connectivity index (χ4n) is 2.37. The minimum atomic E-state index is -0.0246. The van der Waals surface area contributed by atoms with Crippen LogP contribution in [0.25, 0.3) is 16.1 Å². The van der Waals surface area contributed by atoms with Gasteiger partial charge in [-0.2, -0.15) is 0 Å². The number of ether oxygens (including phenoxy) is 1. The number of nitrogens with zero attached hydrogens (tertiary/aromatic N) is 2. The van der Waals surface area contributed by atoms with Gasteiger partial charge in [-0.15, -0.1) is 11.3 Å². The standard InChI is InChI=1S/C17H18N2O2S/c1-3-4-10-21-14-7-5-13(6-8-14)15-12(2)18-17-19(16(15)20)9-11-22-17/h5-9,11H,3-4,10H2,1-2H3. The van der Waals surface area contributed by atoms with E-state index in [4.69, 9.17) is 4.74 Å². The minimum Gasteiger partial charge on any atom is -0.494 e. The van der Waals surface area contributed by atoms with Crippen LogP contribution in [0.15, 0.2) is 40.6 Å². The van der Waals surface area contributed by atoms with Gasteiger partial charge in [-0.3, -0.25) is 9.20 Å². The molecule has 0 radical (unpaired) electrons. The fraction of sp³-hybridized carbons (Fsp3) is 0.294. The van der Waals surface area contributed by atoms with E-state index in [9.17, 15) is 4.79 Å². The van der Waals surface area contributed by atoms with E-state index in [2.05, 4.69) is 11.9 Å². The maximum atomic E-state index is 12.6. The van der Waals surface area contributed by atoms with Gasteiger partial charge in [-0.25, -0.2) is 4.98 Å². The Bertz CT molecular complexity index is 834. The van der Waals surface area contributed by atoms with Crippen molar-refractivity contribution in [3.8, 4) is 16.9 Å². The van der Waals surface area contributed by atoms with E-state index in [0.29, 0.717) is 5.56 Å². The average Bonchev–Trinajstić information content (AvgIpc) is 2.97. The summed E-state index contributed by atoms with van der Waals surface area (Å²) in [7, 11) is 0. The Hall–Kier alpha value is -2.14. The molecule has 0 unspecified atom stereocenters. The molecular weight excluding hydrogens is 296 g/mol. The van der Waals surface area contributed by atoms with Crippen LogP contribution in [-0.2, 0) is 0 Å². The van der Waals surface area contributed by atoms with Crippen LogP contribution in [-0.4, -0.2) is 16.0 Å². The second kappa shape index (κ2) is 6.32. The van der Waals surface area contributed by atoms with Crippen molar-refractivity contribution in [1.29, 1.82) is 0 Å². The van der Waals surface area contributed by atoms with Crippen molar-refractivity contribution in [3.63, 3.8) is 0 Å². The van der Waals surface area contributed by atoms with Crippen LogP contribution in [0.2, 0.25) is 0 Å². The molecule has 0 saturated heterocycles. The highest BCUT2D eigenvalue weighted by molar-refractivity contribution is 7.15. The summed E-state index contributed by atoms with van der Waals surface area (Å²) in [5.41, 5.74) is 2.25. The van der Waals surface area contributed by atoms with Gasteiger partial charge in [-0.1, -0.05) is 25.5 Å². The molecular formula is C17H18N2O2S. The summed E-state index contributed by atoms with van der Waals surface area (Å²) in [5, 5.41) is 1.87. The predicted octanol–water partition coefficient (Wildman–Crippen LogP) is 3.91. The predicted molar refractivity (Wildman–Crippen MR) is 89.9 cm³/mol. The topological polar surface area (TPSA) is 43.6 Å². The van der Waals surface area contributed by atoms with E-state index in [1.54, 1.807) is 10.6 Å². The number of hydrogen-bond acceptors (Lipinski definition) is 4. The van der Waals surface area contributed by atoms with Crippen LogP contribution in [0, 0.1) is 6.92 Å². The lowest BCUT2D eigenvalue weighted by Gasteiger charge is -2.08. The van der Waals surface area contributed by atoms with Crippen molar-refractivity contribution < 1.29 is 4.74 Å². The SMILES string of the molecule is CCCCOc1ccc(-c2c(C)nc3sccn3c2=O)cc1. The third kappa shape index (κ3) is 2.76. The van der Waals surface area contributed by atoms with Crippen LogP contribution < -0.4 is 10.3 Å². The summed E-state index contributed by atoms with van der Waals surface area (Å²) >= 11 is 1.47. The highest BCUT2D eigenvalue weighted by Gasteiger charge is 2.12. The monoisotopic (exact) mass is 314 g/mol. The third-order valence-corrected chi connectivity index (χ3v) is 4.31. The molecule has 2 aromatic heterocycles. The Labute approximate surface area is 133 Å². The van der Waals surface area contributed by atoms with Gasteiger partial charge in [0.1, 0.15) is 5.75 Å². The van der Waals surface area contributed by atoms with Gasteiger partial charge < -0.3 is 4.74 Å². The van der Waals surface area contributed by atoms with Crippen LogP contribution in [0.1, 0.15) is 25.5 Å². The molecule has 0 atom stereocenters. The second-order valence-corrected chi connectivity index (χ2v) is 6.03. The van der Waals surface area contributed by atoms with Gasteiger partial charge in [0.25, 0.3) is 5.56 Å². The van der Waals surface area contributed by atoms with Crippen LogP contribution >= 0.6 is 11.3 Å². The van der Waals surface area contributed by atoms with Crippen molar-refractivity contribution in [1.82, 2.24) is 9.38 Å². The molecule has 0 N–H and O–H groups in total. The second-order valence-electron chi connectivity index (χ2n) is 5.16. The molecule has 0 saturated carbocycles. The van der Waals surface area contributed by atoms with Gasteiger partial charge >= 0.3 is 0 Å². The van der Waals surface area contributed by atoms with Gasteiger partial charge in [0.15, 0.2) is 4.96 Å². The van der Waals surface area contributed by atoms with E-state index in [1.807, 2.05) is 36.6 Å². The Balaban J connectivity index is 1.95. The third-order valence-electron chi connectivity index (χ3n) is 3.56. The van der Waals surface area contributed by atoms with Gasteiger partial charge in [-0.05, 0) is 31.0 Å². The zero-order chi connectivity index (χ0) is 15.5. The van der Waals surface area contributed by atoms with E-state index < -0.39 is 0 Å². The summed E-state index contributed by atoms with van der Waals surface area (Å²) in [6, 6.07) is 7.66. The number of thiazole rings is 1. The lowest BCUT2D eigenvalue weighted by atomic mass is 10.1. The maximum Gasteiger partial charge on any atom is 0.266 e. The van der Waals surface area contributed by atoms with E-state index in [0.717, 1.165) is 41.4 Å².